The Morgan fingerprint density at radius 1 is 1.12 bits per heavy atom. The second-order valence-electron chi connectivity index (χ2n) is 8.91. The van der Waals surface area contributed by atoms with E-state index in [1.54, 1.807) is 0 Å². The molecule has 0 aromatic heterocycles. The molecule has 32 heavy (non-hydrogen) atoms. The Kier molecular flexibility index (Phi) is 5.89. The number of rotatable bonds is 4. The van der Waals surface area contributed by atoms with Gasteiger partial charge in [-0.3, -0.25) is 14.9 Å². The number of halogens is 1. The van der Waals surface area contributed by atoms with Gasteiger partial charge in [-0.1, -0.05) is 36.7 Å². The van der Waals surface area contributed by atoms with Gasteiger partial charge in [-0.15, -0.1) is 5.53 Å². The highest BCUT2D eigenvalue weighted by atomic mass is 35.5. The van der Waals surface area contributed by atoms with Crippen LogP contribution in [0.2, 0.25) is 5.02 Å². The van der Waals surface area contributed by atoms with Gasteiger partial charge in [-0.25, -0.2) is 0 Å². The third kappa shape index (κ3) is 4.01. The zero-order valence-corrected chi connectivity index (χ0v) is 19.9. The summed E-state index contributed by atoms with van der Waals surface area (Å²) >= 11 is 6.12. The summed E-state index contributed by atoms with van der Waals surface area (Å²) < 4.78 is 0. The molecule has 2 aromatic carbocycles. The maximum absolute atomic E-state index is 6.12. The van der Waals surface area contributed by atoms with Crippen molar-refractivity contribution in [2.45, 2.75) is 32.7 Å². The molecule has 168 valence electrons. The molecule has 3 aliphatic rings. The summed E-state index contributed by atoms with van der Waals surface area (Å²) in [6.07, 6.45) is 4.52. The molecular formula is C26H32ClN5. The van der Waals surface area contributed by atoms with Crippen molar-refractivity contribution in [2.75, 3.05) is 38.5 Å². The molecule has 0 fully saturated rings. The van der Waals surface area contributed by atoms with Crippen LogP contribution in [0.3, 0.4) is 0 Å². The van der Waals surface area contributed by atoms with Crippen molar-refractivity contribution < 1.29 is 0 Å². The minimum Gasteiger partial charge on any atom is -0.378 e. The van der Waals surface area contributed by atoms with Crippen molar-refractivity contribution in [3.63, 3.8) is 0 Å². The Morgan fingerprint density at radius 2 is 1.94 bits per heavy atom. The zero-order valence-electron chi connectivity index (χ0n) is 19.2. The molecule has 0 saturated carbocycles. The van der Waals surface area contributed by atoms with Gasteiger partial charge in [0.2, 0.25) is 0 Å². The predicted molar refractivity (Wildman–Crippen MR) is 134 cm³/mol. The van der Waals surface area contributed by atoms with Crippen LogP contribution in [0, 0.1) is 0 Å². The van der Waals surface area contributed by atoms with E-state index in [4.69, 9.17) is 11.6 Å². The quantitative estimate of drug-likeness (QED) is 0.656. The van der Waals surface area contributed by atoms with E-state index in [-0.39, 0.29) is 6.04 Å². The lowest BCUT2D eigenvalue weighted by Gasteiger charge is -2.26. The number of likely N-dealkylation sites (N-methyl/N-ethyl adjacent to an activating group) is 1. The number of hydrazine groups is 2. The fourth-order valence-electron chi connectivity index (χ4n) is 5.00. The molecule has 0 aliphatic carbocycles. The van der Waals surface area contributed by atoms with E-state index < -0.39 is 0 Å². The first-order valence-electron chi connectivity index (χ1n) is 11.6. The maximum Gasteiger partial charge on any atom is 0.0816 e. The van der Waals surface area contributed by atoms with Crippen LogP contribution in [0.1, 0.15) is 49.4 Å². The Labute approximate surface area is 196 Å². The minimum absolute atomic E-state index is 0.223. The molecule has 5 rings (SSSR count). The Balaban J connectivity index is 1.55. The highest BCUT2D eigenvalue weighted by Gasteiger charge is 2.32. The van der Waals surface area contributed by atoms with Gasteiger partial charge in [0, 0.05) is 43.0 Å². The summed E-state index contributed by atoms with van der Waals surface area (Å²) in [6, 6.07) is 15.3. The van der Waals surface area contributed by atoms with Crippen molar-refractivity contribution in [1.82, 2.24) is 20.5 Å². The van der Waals surface area contributed by atoms with Crippen molar-refractivity contribution in [1.29, 1.82) is 0 Å². The van der Waals surface area contributed by atoms with E-state index in [2.05, 4.69) is 83.1 Å². The summed E-state index contributed by atoms with van der Waals surface area (Å²) in [5, 5.41) is 8.95. The molecule has 5 nitrogen and oxygen atoms in total. The number of anilines is 1. The van der Waals surface area contributed by atoms with Crippen LogP contribution < -0.4 is 10.9 Å². The summed E-state index contributed by atoms with van der Waals surface area (Å²) in [6.45, 7) is 8.66. The molecule has 3 aliphatic heterocycles. The van der Waals surface area contributed by atoms with E-state index in [1.807, 2.05) is 12.1 Å². The smallest absolute Gasteiger partial charge is 0.0816 e. The first-order chi connectivity index (χ1) is 15.5. The fourth-order valence-corrected chi connectivity index (χ4v) is 5.13. The van der Waals surface area contributed by atoms with Gasteiger partial charge in [0.05, 0.1) is 17.4 Å². The molecule has 6 heteroatoms. The summed E-state index contributed by atoms with van der Waals surface area (Å²) in [4.78, 5) is 2.49. The second-order valence-corrected chi connectivity index (χ2v) is 9.35. The normalized spacial score (nSPS) is 21.2. The Hall–Kier alpha value is -2.47. The summed E-state index contributed by atoms with van der Waals surface area (Å²) in [7, 11) is 2.08. The van der Waals surface area contributed by atoms with Gasteiger partial charge in [0.15, 0.2) is 0 Å². The van der Waals surface area contributed by atoms with Gasteiger partial charge in [0.1, 0.15) is 0 Å². The zero-order chi connectivity index (χ0) is 22.2. The van der Waals surface area contributed by atoms with Gasteiger partial charge < -0.3 is 5.32 Å². The number of nitrogens with zero attached hydrogens (tertiary/aromatic N) is 3. The molecule has 0 amide bonds. The first-order valence-corrected chi connectivity index (χ1v) is 12.0. The molecule has 1 atom stereocenters. The molecular weight excluding hydrogens is 418 g/mol. The number of fused-ring (bicyclic) bond motifs is 3. The summed E-state index contributed by atoms with van der Waals surface area (Å²) in [5.74, 6) is 0. The van der Waals surface area contributed by atoms with Crippen molar-refractivity contribution >= 4 is 28.6 Å². The van der Waals surface area contributed by atoms with Crippen LogP contribution in [-0.2, 0) is 0 Å². The molecule has 0 radical (unpaired) electrons. The summed E-state index contributed by atoms with van der Waals surface area (Å²) in [5.41, 5.74) is 12.6. The van der Waals surface area contributed by atoms with Crippen LogP contribution in [0.5, 0.6) is 0 Å². The van der Waals surface area contributed by atoms with E-state index in [1.165, 1.54) is 33.7 Å². The minimum atomic E-state index is 0.223. The topological polar surface area (TPSA) is 33.8 Å². The third-order valence-corrected chi connectivity index (χ3v) is 7.26. The monoisotopic (exact) mass is 449 g/mol. The van der Waals surface area contributed by atoms with E-state index in [0.717, 1.165) is 49.7 Å². The van der Waals surface area contributed by atoms with Crippen molar-refractivity contribution in [2.24, 2.45) is 0 Å². The molecule has 0 bridgehead atoms. The van der Waals surface area contributed by atoms with Gasteiger partial charge >= 0.3 is 0 Å². The molecule has 0 spiro atoms. The number of hydrogen-bond acceptors (Lipinski definition) is 5. The van der Waals surface area contributed by atoms with Crippen LogP contribution in [0.4, 0.5) is 5.69 Å². The molecule has 2 aromatic rings. The number of hydrogen-bond donors (Lipinski definition) is 2. The molecule has 3 heterocycles. The van der Waals surface area contributed by atoms with Gasteiger partial charge in [-0.05, 0) is 73.3 Å². The van der Waals surface area contributed by atoms with Crippen LogP contribution in [0.15, 0.2) is 54.2 Å². The first kappa shape index (κ1) is 21.4. The number of nitrogens with one attached hydrogen (secondary N) is 2. The largest absolute Gasteiger partial charge is 0.378 e. The SMILES string of the molecule is CCN1CC=C(c2ccc3c(c2)C(Nc2ccc(Cl)cc2)CCN2NN(C)C(C)=C32)CC1. The molecule has 1 unspecified atom stereocenters. The van der Waals surface area contributed by atoms with E-state index >= 15 is 0 Å². The molecule has 0 saturated heterocycles. The highest BCUT2D eigenvalue weighted by molar-refractivity contribution is 6.30. The van der Waals surface area contributed by atoms with E-state index in [0.29, 0.717) is 0 Å². The molecule has 2 N–H and O–H groups in total. The number of allylic oxidation sites excluding steroid dienone is 1. The van der Waals surface area contributed by atoms with Gasteiger partial charge in [0.25, 0.3) is 0 Å². The lowest BCUT2D eigenvalue weighted by Crippen LogP contribution is -2.39. The van der Waals surface area contributed by atoms with Crippen molar-refractivity contribution in [3.05, 3.63) is 76.0 Å². The number of benzene rings is 2. The lowest BCUT2D eigenvalue weighted by atomic mass is 9.90. The van der Waals surface area contributed by atoms with Crippen molar-refractivity contribution in [3.8, 4) is 0 Å². The second kappa shape index (κ2) is 8.81. The standard InChI is InChI=1S/C26H32ClN5/c1-4-31-14-11-19(12-15-31)20-5-10-23-24(17-20)25(28-22-8-6-21(27)7-9-22)13-16-32-26(23)18(2)30(3)29-32/h5-11,17,25,28-29H,4,12-16H2,1-3H3. The fraction of sp³-hybridized carbons (Fsp3) is 0.385. The third-order valence-electron chi connectivity index (χ3n) is 7.01. The Bertz CT molecular complexity index is 1060. The van der Waals surface area contributed by atoms with Gasteiger partial charge in [-0.2, -0.15) is 0 Å². The lowest BCUT2D eigenvalue weighted by molar-refractivity contribution is 0.160. The predicted octanol–water partition coefficient (Wildman–Crippen LogP) is 5.36. The average Bonchev–Trinajstić information content (AvgIpc) is 3.01. The van der Waals surface area contributed by atoms with Crippen LogP contribution >= 0.6 is 11.6 Å². The maximum atomic E-state index is 6.12. The highest BCUT2D eigenvalue weighted by Crippen LogP contribution is 2.40. The average molecular weight is 450 g/mol. The van der Waals surface area contributed by atoms with Crippen LogP contribution in [-0.4, -0.2) is 48.1 Å². The Morgan fingerprint density at radius 3 is 2.66 bits per heavy atom. The van der Waals surface area contributed by atoms with E-state index in [9.17, 15) is 0 Å². The van der Waals surface area contributed by atoms with Crippen LogP contribution in [0.25, 0.3) is 11.3 Å².